The van der Waals surface area contributed by atoms with Gasteiger partial charge in [0.05, 0.1) is 30.0 Å². The summed E-state index contributed by atoms with van der Waals surface area (Å²) in [6.07, 6.45) is 2.41. The molecule has 0 atom stereocenters. The molecular formula is C24H25N3O4. The summed E-state index contributed by atoms with van der Waals surface area (Å²) in [7, 11) is 0. The smallest absolute Gasteiger partial charge is 0.269 e. The minimum absolute atomic E-state index is 0.0368. The Kier molecular flexibility index (Phi) is 7.59. The molecule has 3 aromatic carbocycles. The van der Waals surface area contributed by atoms with E-state index in [0.29, 0.717) is 18.9 Å². The van der Waals surface area contributed by atoms with Crippen molar-refractivity contribution in [2.75, 3.05) is 18.6 Å². The van der Waals surface area contributed by atoms with Crippen LogP contribution in [0, 0.1) is 24.0 Å². The van der Waals surface area contributed by atoms with Gasteiger partial charge in [-0.3, -0.25) is 15.5 Å². The summed E-state index contributed by atoms with van der Waals surface area (Å²) >= 11 is 0. The van der Waals surface area contributed by atoms with Crippen molar-refractivity contribution >= 4 is 17.6 Å². The SMILES string of the molecule is Cc1ccc(OCCCOc2ccccc2/C=N/Nc2ccc([N+](=O)[O-])cc2)c(C)c1. The molecule has 0 amide bonds. The van der Waals surface area contributed by atoms with Gasteiger partial charge in [-0.15, -0.1) is 0 Å². The van der Waals surface area contributed by atoms with Crippen LogP contribution < -0.4 is 14.9 Å². The first-order valence-electron chi connectivity index (χ1n) is 9.98. The van der Waals surface area contributed by atoms with Gasteiger partial charge in [-0.2, -0.15) is 5.10 Å². The number of nitrogens with zero attached hydrogens (tertiary/aromatic N) is 2. The Morgan fingerprint density at radius 1 is 0.968 bits per heavy atom. The second-order valence-corrected chi connectivity index (χ2v) is 7.03. The van der Waals surface area contributed by atoms with Gasteiger partial charge in [0, 0.05) is 24.1 Å². The number of aryl methyl sites for hydroxylation is 2. The molecule has 0 unspecified atom stereocenters. The number of para-hydroxylation sites is 1. The summed E-state index contributed by atoms with van der Waals surface area (Å²) in [6.45, 7) is 5.19. The molecule has 0 spiro atoms. The van der Waals surface area contributed by atoms with Crippen molar-refractivity contribution in [3.8, 4) is 11.5 Å². The Labute approximate surface area is 181 Å². The molecule has 3 rings (SSSR count). The van der Waals surface area contributed by atoms with E-state index < -0.39 is 4.92 Å². The lowest BCUT2D eigenvalue weighted by Gasteiger charge is -2.11. The maximum atomic E-state index is 10.7. The molecule has 31 heavy (non-hydrogen) atoms. The van der Waals surface area contributed by atoms with Crippen molar-refractivity contribution in [2.45, 2.75) is 20.3 Å². The second kappa shape index (κ2) is 10.8. The first-order valence-corrected chi connectivity index (χ1v) is 9.98. The summed E-state index contributed by atoms with van der Waals surface area (Å²) in [4.78, 5) is 10.3. The number of non-ortho nitro benzene ring substituents is 1. The van der Waals surface area contributed by atoms with E-state index in [4.69, 9.17) is 9.47 Å². The molecule has 7 nitrogen and oxygen atoms in total. The van der Waals surface area contributed by atoms with Crippen molar-refractivity contribution in [2.24, 2.45) is 5.10 Å². The van der Waals surface area contributed by atoms with Crippen molar-refractivity contribution in [1.29, 1.82) is 0 Å². The molecule has 0 radical (unpaired) electrons. The van der Waals surface area contributed by atoms with Crippen LogP contribution in [0.25, 0.3) is 0 Å². The predicted octanol–water partition coefficient (Wildman–Crippen LogP) is 5.51. The highest BCUT2D eigenvalue weighted by Gasteiger charge is 2.04. The zero-order valence-electron chi connectivity index (χ0n) is 17.6. The highest BCUT2D eigenvalue weighted by atomic mass is 16.6. The number of nitro groups is 1. The van der Waals surface area contributed by atoms with E-state index in [1.807, 2.05) is 43.3 Å². The third-order valence-corrected chi connectivity index (χ3v) is 4.53. The van der Waals surface area contributed by atoms with Crippen LogP contribution in [0.5, 0.6) is 11.5 Å². The Balaban J connectivity index is 1.48. The van der Waals surface area contributed by atoms with Crippen molar-refractivity contribution < 1.29 is 14.4 Å². The number of anilines is 1. The summed E-state index contributed by atoms with van der Waals surface area (Å²) in [5.74, 6) is 1.62. The molecule has 0 aliphatic carbocycles. The van der Waals surface area contributed by atoms with Gasteiger partial charge >= 0.3 is 0 Å². The van der Waals surface area contributed by atoms with Crippen molar-refractivity contribution in [3.63, 3.8) is 0 Å². The van der Waals surface area contributed by atoms with E-state index in [1.165, 1.54) is 17.7 Å². The molecule has 3 aromatic rings. The summed E-state index contributed by atoms with van der Waals surface area (Å²) in [6, 6.07) is 19.8. The second-order valence-electron chi connectivity index (χ2n) is 7.03. The molecule has 0 heterocycles. The predicted molar refractivity (Wildman–Crippen MR) is 122 cm³/mol. The standard InChI is InChI=1S/C24H25N3O4/c1-18-8-13-23(19(2)16-18)30-14-5-15-31-24-7-4-3-6-20(24)17-25-26-21-9-11-22(12-10-21)27(28)29/h3-4,6-13,16-17,26H,5,14-15H2,1-2H3/b25-17+. The molecule has 0 bridgehead atoms. The fraction of sp³-hybridized carbons (Fsp3) is 0.208. The number of hydrogen-bond donors (Lipinski definition) is 1. The van der Waals surface area contributed by atoms with Gasteiger partial charge in [-0.05, 0) is 49.7 Å². The van der Waals surface area contributed by atoms with Gasteiger partial charge in [-0.25, -0.2) is 0 Å². The molecular weight excluding hydrogens is 394 g/mol. The molecule has 0 fully saturated rings. The number of benzene rings is 3. The zero-order valence-corrected chi connectivity index (χ0v) is 17.6. The zero-order chi connectivity index (χ0) is 22.1. The van der Waals surface area contributed by atoms with Gasteiger partial charge < -0.3 is 9.47 Å². The number of hydrogen-bond acceptors (Lipinski definition) is 6. The number of hydrazone groups is 1. The topological polar surface area (TPSA) is 86.0 Å². The van der Waals surface area contributed by atoms with Gasteiger partial charge in [0.15, 0.2) is 0 Å². The summed E-state index contributed by atoms with van der Waals surface area (Å²) in [5, 5.41) is 14.9. The molecule has 0 aromatic heterocycles. The molecule has 0 saturated carbocycles. The number of nitrogens with one attached hydrogen (secondary N) is 1. The molecule has 0 aliphatic heterocycles. The third kappa shape index (κ3) is 6.57. The highest BCUT2D eigenvalue weighted by Crippen LogP contribution is 2.20. The maximum Gasteiger partial charge on any atom is 0.269 e. The third-order valence-electron chi connectivity index (χ3n) is 4.53. The van der Waals surface area contributed by atoms with Crippen LogP contribution in [-0.4, -0.2) is 24.4 Å². The average molecular weight is 419 g/mol. The lowest BCUT2D eigenvalue weighted by molar-refractivity contribution is -0.384. The van der Waals surface area contributed by atoms with Crippen LogP contribution in [0.15, 0.2) is 71.8 Å². The minimum Gasteiger partial charge on any atom is -0.493 e. The molecule has 0 saturated heterocycles. The fourth-order valence-corrected chi connectivity index (χ4v) is 2.94. The number of rotatable bonds is 10. The Morgan fingerprint density at radius 2 is 1.68 bits per heavy atom. The van der Waals surface area contributed by atoms with E-state index in [-0.39, 0.29) is 5.69 Å². The average Bonchev–Trinajstić information content (AvgIpc) is 2.76. The maximum absolute atomic E-state index is 10.7. The lowest BCUT2D eigenvalue weighted by atomic mass is 10.1. The van der Waals surface area contributed by atoms with E-state index in [2.05, 4.69) is 23.5 Å². The molecule has 7 heteroatoms. The highest BCUT2D eigenvalue weighted by molar-refractivity contribution is 5.84. The number of ether oxygens (including phenoxy) is 2. The Morgan fingerprint density at radius 3 is 2.39 bits per heavy atom. The number of nitro benzene ring substituents is 1. The summed E-state index contributed by atoms with van der Waals surface area (Å²) < 4.78 is 11.7. The van der Waals surface area contributed by atoms with Gasteiger partial charge in [0.2, 0.25) is 0 Å². The normalized spacial score (nSPS) is 10.8. The van der Waals surface area contributed by atoms with Gasteiger partial charge in [0.1, 0.15) is 11.5 Å². The summed E-state index contributed by atoms with van der Waals surface area (Å²) in [5.41, 5.74) is 6.73. The molecule has 1 N–H and O–H groups in total. The van der Waals surface area contributed by atoms with Gasteiger partial charge in [0.25, 0.3) is 5.69 Å². The van der Waals surface area contributed by atoms with Gasteiger partial charge in [-0.1, -0.05) is 29.8 Å². The van der Waals surface area contributed by atoms with Crippen molar-refractivity contribution in [3.05, 3.63) is 93.5 Å². The Hall–Kier alpha value is -3.87. The van der Waals surface area contributed by atoms with E-state index in [1.54, 1.807) is 18.3 Å². The van der Waals surface area contributed by atoms with E-state index in [0.717, 1.165) is 29.0 Å². The van der Waals surface area contributed by atoms with Crippen LogP contribution in [-0.2, 0) is 0 Å². The minimum atomic E-state index is -0.437. The molecule has 160 valence electrons. The molecule has 0 aliphatic rings. The first kappa shape index (κ1) is 21.8. The quantitative estimate of drug-likeness (QED) is 0.203. The largest absolute Gasteiger partial charge is 0.493 e. The van der Waals surface area contributed by atoms with Crippen LogP contribution >= 0.6 is 0 Å². The van der Waals surface area contributed by atoms with E-state index >= 15 is 0 Å². The van der Waals surface area contributed by atoms with Crippen LogP contribution in [0.2, 0.25) is 0 Å². The monoisotopic (exact) mass is 419 g/mol. The van der Waals surface area contributed by atoms with Crippen molar-refractivity contribution in [1.82, 2.24) is 0 Å². The lowest BCUT2D eigenvalue weighted by Crippen LogP contribution is -2.06. The first-order chi connectivity index (χ1) is 15.0. The van der Waals surface area contributed by atoms with Crippen LogP contribution in [0.4, 0.5) is 11.4 Å². The van der Waals surface area contributed by atoms with Crippen LogP contribution in [0.1, 0.15) is 23.1 Å². The van der Waals surface area contributed by atoms with E-state index in [9.17, 15) is 10.1 Å². The Bertz CT molecular complexity index is 1050. The van der Waals surface area contributed by atoms with Crippen LogP contribution in [0.3, 0.4) is 0 Å². The fourth-order valence-electron chi connectivity index (χ4n) is 2.94.